The maximum Gasteiger partial charge on any atom is 0.411 e. The number of hydrogen-bond donors (Lipinski definition) is 4. The molecule has 1 heterocycles. The Morgan fingerprint density at radius 2 is 1.86 bits per heavy atom. The number of primary amides is 1. The number of amides is 4. The van der Waals surface area contributed by atoms with Gasteiger partial charge in [-0.25, -0.2) is 15.4 Å². The summed E-state index contributed by atoms with van der Waals surface area (Å²) in [5, 5.41) is 2.60. The van der Waals surface area contributed by atoms with Crippen molar-refractivity contribution in [1.82, 2.24) is 15.6 Å². The zero-order valence-electron chi connectivity index (χ0n) is 12.5. The van der Waals surface area contributed by atoms with Crippen molar-refractivity contribution < 1.29 is 19.1 Å². The van der Waals surface area contributed by atoms with Gasteiger partial charge < -0.3 is 15.8 Å². The van der Waals surface area contributed by atoms with Crippen LogP contribution in [0.3, 0.4) is 0 Å². The molecule has 0 aromatic heterocycles. The molecule has 21 heavy (non-hydrogen) atoms. The standard InChI is InChI=1S/C12H23N5O4/c1-12(2,3)21-11(20)17-6-7(15-10(19)16-14)4-5-8(17)9(13)18/h7-8H,4-6,14H2,1-3H3,(H2,13,18)(H2,15,16,19)/t7?,8-/m1/s1. The van der Waals surface area contributed by atoms with Crippen LogP contribution in [0.1, 0.15) is 33.6 Å². The van der Waals surface area contributed by atoms with E-state index in [2.05, 4.69) is 5.32 Å². The number of ether oxygens (including phenoxy) is 1. The van der Waals surface area contributed by atoms with Gasteiger partial charge in [0.2, 0.25) is 5.91 Å². The summed E-state index contributed by atoms with van der Waals surface area (Å²) in [6.45, 7) is 5.32. The van der Waals surface area contributed by atoms with E-state index in [4.69, 9.17) is 16.3 Å². The lowest BCUT2D eigenvalue weighted by atomic mass is 9.98. The van der Waals surface area contributed by atoms with E-state index in [1.54, 1.807) is 20.8 Å². The second-order valence-corrected chi connectivity index (χ2v) is 5.94. The lowest BCUT2D eigenvalue weighted by Gasteiger charge is -2.38. The number of nitrogens with one attached hydrogen (secondary N) is 2. The summed E-state index contributed by atoms with van der Waals surface area (Å²) in [5.41, 5.74) is 6.59. The summed E-state index contributed by atoms with van der Waals surface area (Å²) in [6.07, 6.45) is 0.232. The Morgan fingerprint density at radius 1 is 1.24 bits per heavy atom. The van der Waals surface area contributed by atoms with E-state index in [1.807, 2.05) is 5.43 Å². The number of nitrogens with zero attached hydrogens (tertiary/aromatic N) is 1. The molecule has 1 unspecified atom stereocenters. The third kappa shape index (κ3) is 5.10. The fourth-order valence-electron chi connectivity index (χ4n) is 2.13. The molecular formula is C12H23N5O4. The molecule has 0 bridgehead atoms. The monoisotopic (exact) mass is 301 g/mol. The highest BCUT2D eigenvalue weighted by Crippen LogP contribution is 2.20. The van der Waals surface area contributed by atoms with Gasteiger partial charge in [-0.2, -0.15) is 0 Å². The first kappa shape index (κ1) is 17.0. The number of nitrogens with two attached hydrogens (primary N) is 2. The number of carbonyl (C=O) groups excluding carboxylic acids is 3. The van der Waals surface area contributed by atoms with Crippen LogP contribution in [-0.4, -0.2) is 47.2 Å². The van der Waals surface area contributed by atoms with Gasteiger partial charge in [-0.1, -0.05) is 0 Å². The highest BCUT2D eigenvalue weighted by atomic mass is 16.6. The minimum absolute atomic E-state index is 0.135. The third-order valence-corrected chi connectivity index (χ3v) is 3.00. The van der Waals surface area contributed by atoms with Crippen molar-refractivity contribution in [2.45, 2.75) is 51.3 Å². The summed E-state index contributed by atoms with van der Waals surface area (Å²) in [4.78, 5) is 36.1. The van der Waals surface area contributed by atoms with Crippen LogP contribution >= 0.6 is 0 Å². The molecule has 0 aliphatic carbocycles. The molecule has 1 fully saturated rings. The van der Waals surface area contributed by atoms with Gasteiger partial charge in [0.05, 0.1) is 0 Å². The second-order valence-electron chi connectivity index (χ2n) is 5.94. The molecule has 9 heteroatoms. The van der Waals surface area contributed by atoms with Crippen molar-refractivity contribution >= 4 is 18.0 Å². The molecule has 0 aromatic carbocycles. The fourth-order valence-corrected chi connectivity index (χ4v) is 2.13. The highest BCUT2D eigenvalue weighted by Gasteiger charge is 2.37. The Labute approximate surface area is 123 Å². The molecule has 6 N–H and O–H groups in total. The molecule has 2 atom stereocenters. The first-order chi connectivity index (χ1) is 9.64. The first-order valence-corrected chi connectivity index (χ1v) is 6.70. The van der Waals surface area contributed by atoms with Crippen LogP contribution in [0.4, 0.5) is 9.59 Å². The van der Waals surface area contributed by atoms with Crippen molar-refractivity contribution in [3.63, 3.8) is 0 Å². The lowest BCUT2D eigenvalue weighted by molar-refractivity contribution is -0.124. The average Bonchev–Trinajstić information content (AvgIpc) is 2.36. The van der Waals surface area contributed by atoms with Crippen molar-refractivity contribution in [3.05, 3.63) is 0 Å². The van der Waals surface area contributed by atoms with E-state index >= 15 is 0 Å². The Morgan fingerprint density at radius 3 is 2.33 bits per heavy atom. The minimum Gasteiger partial charge on any atom is -0.444 e. The Balaban J connectivity index is 2.79. The van der Waals surface area contributed by atoms with E-state index in [-0.39, 0.29) is 12.6 Å². The smallest absolute Gasteiger partial charge is 0.411 e. The number of carbonyl (C=O) groups is 3. The van der Waals surface area contributed by atoms with E-state index in [9.17, 15) is 14.4 Å². The van der Waals surface area contributed by atoms with Crippen LogP contribution in [0.5, 0.6) is 0 Å². The quantitative estimate of drug-likeness (QED) is 0.307. The predicted molar refractivity (Wildman–Crippen MR) is 74.8 cm³/mol. The minimum atomic E-state index is -0.737. The van der Waals surface area contributed by atoms with Gasteiger partial charge in [0.1, 0.15) is 11.6 Å². The summed E-state index contributed by atoms with van der Waals surface area (Å²) in [7, 11) is 0. The second kappa shape index (κ2) is 6.61. The SMILES string of the molecule is CC(C)(C)OC(=O)N1CC(NC(=O)NN)CC[C@@H]1C(N)=O. The maximum absolute atomic E-state index is 12.2. The number of piperidine rings is 1. The van der Waals surface area contributed by atoms with Crippen molar-refractivity contribution in [2.24, 2.45) is 11.6 Å². The average molecular weight is 301 g/mol. The van der Waals surface area contributed by atoms with Crippen LogP contribution in [-0.2, 0) is 9.53 Å². The number of urea groups is 1. The molecule has 4 amide bonds. The largest absolute Gasteiger partial charge is 0.444 e. The zero-order chi connectivity index (χ0) is 16.2. The van der Waals surface area contributed by atoms with E-state index in [0.29, 0.717) is 12.8 Å². The normalized spacial score (nSPS) is 22.4. The summed E-state index contributed by atoms with van der Waals surface area (Å²) < 4.78 is 5.26. The van der Waals surface area contributed by atoms with Crippen LogP contribution in [0.2, 0.25) is 0 Å². The topological polar surface area (TPSA) is 140 Å². The molecule has 1 rings (SSSR count). The summed E-state index contributed by atoms with van der Waals surface area (Å²) in [5.74, 6) is 4.41. The van der Waals surface area contributed by atoms with Crippen molar-refractivity contribution in [2.75, 3.05) is 6.54 Å². The van der Waals surface area contributed by atoms with Crippen LogP contribution < -0.4 is 22.3 Å². The van der Waals surface area contributed by atoms with Gasteiger partial charge in [0.15, 0.2) is 0 Å². The van der Waals surface area contributed by atoms with Gasteiger partial charge in [-0.3, -0.25) is 15.1 Å². The molecule has 0 aromatic rings. The summed E-state index contributed by atoms with van der Waals surface area (Å²) >= 11 is 0. The summed E-state index contributed by atoms with van der Waals surface area (Å²) in [6, 6.07) is -1.61. The van der Waals surface area contributed by atoms with Crippen LogP contribution in [0, 0.1) is 0 Å². The fraction of sp³-hybridized carbons (Fsp3) is 0.750. The molecule has 0 saturated carbocycles. The molecular weight excluding hydrogens is 278 g/mol. The number of hydrogen-bond acceptors (Lipinski definition) is 5. The lowest BCUT2D eigenvalue weighted by Crippen LogP contribution is -2.59. The Kier molecular flexibility index (Phi) is 5.36. The van der Waals surface area contributed by atoms with Crippen molar-refractivity contribution in [3.8, 4) is 0 Å². The van der Waals surface area contributed by atoms with E-state index in [1.165, 1.54) is 4.90 Å². The van der Waals surface area contributed by atoms with E-state index in [0.717, 1.165) is 0 Å². The predicted octanol–water partition coefficient (Wildman–Crippen LogP) is -0.587. The molecule has 0 radical (unpaired) electrons. The van der Waals surface area contributed by atoms with Crippen molar-refractivity contribution in [1.29, 1.82) is 0 Å². The first-order valence-electron chi connectivity index (χ1n) is 6.70. The van der Waals surface area contributed by atoms with E-state index < -0.39 is 29.7 Å². The Hall–Kier alpha value is -2.03. The Bertz CT molecular complexity index is 420. The van der Waals surface area contributed by atoms with Gasteiger partial charge in [0.25, 0.3) is 0 Å². The van der Waals surface area contributed by atoms with Gasteiger partial charge in [-0.05, 0) is 33.6 Å². The number of likely N-dealkylation sites (tertiary alicyclic amines) is 1. The van der Waals surface area contributed by atoms with Crippen LogP contribution in [0.15, 0.2) is 0 Å². The third-order valence-electron chi connectivity index (χ3n) is 3.00. The van der Waals surface area contributed by atoms with Gasteiger partial charge in [0, 0.05) is 12.6 Å². The molecule has 1 saturated heterocycles. The molecule has 0 spiro atoms. The van der Waals surface area contributed by atoms with Gasteiger partial charge >= 0.3 is 12.1 Å². The number of rotatable bonds is 2. The maximum atomic E-state index is 12.2. The molecule has 1 aliphatic rings. The molecule has 120 valence electrons. The number of hydrazine groups is 1. The molecule has 1 aliphatic heterocycles. The van der Waals surface area contributed by atoms with Crippen LogP contribution in [0.25, 0.3) is 0 Å². The van der Waals surface area contributed by atoms with Gasteiger partial charge in [-0.15, -0.1) is 0 Å². The highest BCUT2D eigenvalue weighted by molar-refractivity contribution is 5.84. The molecule has 9 nitrogen and oxygen atoms in total. The zero-order valence-corrected chi connectivity index (χ0v) is 12.5.